The Morgan fingerprint density at radius 1 is 1.54 bits per heavy atom. The second-order valence-electron chi connectivity index (χ2n) is 3.70. The Labute approximate surface area is 75.7 Å². The molecule has 0 bridgehead atoms. The van der Waals surface area contributed by atoms with Crippen LogP contribution in [0.4, 0.5) is 8.78 Å². The molecule has 0 radical (unpaired) electrons. The van der Waals surface area contributed by atoms with Gasteiger partial charge < -0.3 is 9.64 Å². The van der Waals surface area contributed by atoms with Gasteiger partial charge in [0.1, 0.15) is 0 Å². The minimum Gasteiger partial charge on any atom is -0.375 e. The van der Waals surface area contributed by atoms with E-state index in [4.69, 9.17) is 4.74 Å². The maximum Gasteiger partial charge on any atom is 0.322 e. The molecule has 1 aliphatic rings. The molecule has 1 aliphatic heterocycles. The number of alkyl halides is 2. The molecule has 13 heavy (non-hydrogen) atoms. The van der Waals surface area contributed by atoms with E-state index in [0.717, 1.165) is 4.90 Å². The Hall–Kier alpha value is -0.710. The summed E-state index contributed by atoms with van der Waals surface area (Å²) < 4.78 is 30.0. The minimum absolute atomic E-state index is 0.242. The van der Waals surface area contributed by atoms with Crippen molar-refractivity contribution in [2.75, 3.05) is 20.2 Å². The van der Waals surface area contributed by atoms with Crippen LogP contribution in [-0.2, 0) is 9.53 Å². The monoisotopic (exact) mass is 193 g/mol. The van der Waals surface area contributed by atoms with Gasteiger partial charge in [-0.2, -0.15) is 8.78 Å². The van der Waals surface area contributed by atoms with E-state index in [9.17, 15) is 13.6 Å². The molecule has 0 aromatic heterocycles. The normalized spacial score (nSPS) is 21.2. The number of hydrogen-bond donors (Lipinski definition) is 0. The van der Waals surface area contributed by atoms with Crippen molar-refractivity contribution >= 4 is 5.91 Å². The summed E-state index contributed by atoms with van der Waals surface area (Å²) in [5, 5.41) is 0. The molecule has 0 N–H and O–H groups in total. The van der Waals surface area contributed by atoms with Gasteiger partial charge in [-0.3, -0.25) is 4.79 Å². The molecule has 3 nitrogen and oxygen atoms in total. The first-order valence-electron chi connectivity index (χ1n) is 4.01. The number of rotatable bonds is 2. The first-order valence-corrected chi connectivity index (χ1v) is 4.01. The van der Waals surface area contributed by atoms with Gasteiger partial charge in [-0.1, -0.05) is 0 Å². The van der Waals surface area contributed by atoms with Crippen molar-refractivity contribution in [3.05, 3.63) is 0 Å². The molecular formula is C8H13F2NO2. The zero-order chi connectivity index (χ0) is 10.3. The summed E-state index contributed by atoms with van der Waals surface area (Å²) in [6.45, 7) is 2.87. The molecule has 1 saturated heterocycles. The molecule has 0 spiro atoms. The highest BCUT2D eigenvalue weighted by Gasteiger charge is 2.47. The molecular weight excluding hydrogens is 180 g/mol. The van der Waals surface area contributed by atoms with Crippen molar-refractivity contribution in [2.24, 2.45) is 0 Å². The Bertz CT molecular complexity index is 219. The summed E-state index contributed by atoms with van der Waals surface area (Å²) in [4.78, 5) is 12.1. The lowest BCUT2D eigenvalue weighted by Crippen LogP contribution is -2.65. The third kappa shape index (κ3) is 1.96. The maximum atomic E-state index is 12.5. The molecule has 5 heteroatoms. The van der Waals surface area contributed by atoms with E-state index in [1.54, 1.807) is 6.92 Å². The van der Waals surface area contributed by atoms with Crippen LogP contribution < -0.4 is 0 Å². The second kappa shape index (κ2) is 2.90. The Morgan fingerprint density at radius 3 is 2.31 bits per heavy atom. The van der Waals surface area contributed by atoms with E-state index in [2.05, 4.69) is 0 Å². The number of nitrogens with zero attached hydrogens (tertiary/aromatic N) is 1. The van der Waals surface area contributed by atoms with Crippen LogP contribution in [0.1, 0.15) is 13.8 Å². The first kappa shape index (κ1) is 10.4. The van der Waals surface area contributed by atoms with Crippen LogP contribution >= 0.6 is 0 Å². The largest absolute Gasteiger partial charge is 0.375 e. The number of hydrogen-bond acceptors (Lipinski definition) is 2. The predicted octanol–water partition coefficient (Wildman–Crippen LogP) is 0.889. The Balaban J connectivity index is 2.49. The van der Waals surface area contributed by atoms with Crippen molar-refractivity contribution in [1.29, 1.82) is 0 Å². The van der Waals surface area contributed by atoms with Crippen molar-refractivity contribution in [2.45, 2.75) is 25.4 Å². The number of amides is 1. The molecule has 0 aromatic carbocycles. The fourth-order valence-electron chi connectivity index (χ4n) is 1.31. The third-order valence-corrected chi connectivity index (χ3v) is 2.21. The standard InChI is InChI=1S/C8H13F2NO2/c1-7(13-3)4-11(5-7)6(12)8(2,9)10/h4-5H2,1-3H3. The fraction of sp³-hybridized carbons (Fsp3) is 0.875. The summed E-state index contributed by atoms with van der Waals surface area (Å²) in [5.41, 5.74) is -0.444. The van der Waals surface area contributed by atoms with Gasteiger partial charge in [0.15, 0.2) is 0 Å². The van der Waals surface area contributed by atoms with Crippen LogP contribution in [0, 0.1) is 0 Å². The Morgan fingerprint density at radius 2 is 2.00 bits per heavy atom. The van der Waals surface area contributed by atoms with Gasteiger partial charge in [-0.05, 0) is 6.92 Å². The van der Waals surface area contributed by atoms with Crippen molar-refractivity contribution < 1.29 is 18.3 Å². The molecule has 0 atom stereocenters. The molecule has 76 valence electrons. The van der Waals surface area contributed by atoms with Gasteiger partial charge in [0.2, 0.25) is 0 Å². The van der Waals surface area contributed by atoms with Gasteiger partial charge in [-0.25, -0.2) is 0 Å². The lowest BCUT2D eigenvalue weighted by molar-refractivity contribution is -0.178. The zero-order valence-electron chi connectivity index (χ0n) is 7.93. The van der Waals surface area contributed by atoms with Crippen LogP contribution in [0.2, 0.25) is 0 Å². The summed E-state index contributed by atoms with van der Waals surface area (Å²) in [6, 6.07) is 0. The SMILES string of the molecule is COC1(C)CN(C(=O)C(C)(F)F)C1. The lowest BCUT2D eigenvalue weighted by atomic mass is 9.96. The fourth-order valence-corrected chi connectivity index (χ4v) is 1.31. The van der Waals surface area contributed by atoms with E-state index in [1.807, 2.05) is 0 Å². The van der Waals surface area contributed by atoms with E-state index in [0.29, 0.717) is 6.92 Å². The van der Waals surface area contributed by atoms with E-state index in [1.165, 1.54) is 7.11 Å². The first-order chi connectivity index (χ1) is 5.78. The average Bonchev–Trinajstić information content (AvgIpc) is 1.95. The summed E-state index contributed by atoms with van der Waals surface area (Å²) in [6.07, 6.45) is 0. The quantitative estimate of drug-likeness (QED) is 0.651. The molecule has 1 amide bonds. The highest BCUT2D eigenvalue weighted by atomic mass is 19.3. The average molecular weight is 193 g/mol. The number of carbonyl (C=O) groups excluding carboxylic acids is 1. The number of halogens is 2. The van der Waals surface area contributed by atoms with Gasteiger partial charge >= 0.3 is 5.92 Å². The van der Waals surface area contributed by atoms with E-state index in [-0.39, 0.29) is 13.1 Å². The van der Waals surface area contributed by atoms with Crippen molar-refractivity contribution in [3.8, 4) is 0 Å². The van der Waals surface area contributed by atoms with Gasteiger partial charge in [0.05, 0.1) is 18.7 Å². The van der Waals surface area contributed by atoms with Crippen LogP contribution in [0.25, 0.3) is 0 Å². The number of likely N-dealkylation sites (tertiary alicyclic amines) is 1. The second-order valence-corrected chi connectivity index (χ2v) is 3.70. The van der Waals surface area contributed by atoms with E-state index < -0.39 is 17.4 Å². The van der Waals surface area contributed by atoms with Crippen LogP contribution in [0.5, 0.6) is 0 Å². The van der Waals surface area contributed by atoms with Crippen LogP contribution in [-0.4, -0.2) is 42.5 Å². The van der Waals surface area contributed by atoms with Crippen molar-refractivity contribution in [1.82, 2.24) is 4.90 Å². The third-order valence-electron chi connectivity index (χ3n) is 2.21. The topological polar surface area (TPSA) is 29.5 Å². The molecule has 1 rings (SSSR count). The molecule has 0 saturated carbocycles. The molecule has 0 aromatic rings. The highest BCUT2D eigenvalue weighted by Crippen LogP contribution is 2.27. The summed E-state index contributed by atoms with van der Waals surface area (Å²) in [5.74, 6) is -4.39. The van der Waals surface area contributed by atoms with Crippen LogP contribution in [0.15, 0.2) is 0 Å². The molecule has 0 unspecified atom stereocenters. The highest BCUT2D eigenvalue weighted by molar-refractivity contribution is 5.84. The zero-order valence-corrected chi connectivity index (χ0v) is 7.93. The number of carbonyl (C=O) groups is 1. The predicted molar refractivity (Wildman–Crippen MR) is 42.6 cm³/mol. The smallest absolute Gasteiger partial charge is 0.322 e. The summed E-state index contributed by atoms with van der Waals surface area (Å²) >= 11 is 0. The van der Waals surface area contributed by atoms with Gasteiger partial charge in [0.25, 0.3) is 5.91 Å². The minimum atomic E-state index is -3.27. The Kier molecular flexibility index (Phi) is 2.32. The number of ether oxygens (including phenoxy) is 1. The number of methoxy groups -OCH3 is 1. The van der Waals surface area contributed by atoms with Gasteiger partial charge in [0, 0.05) is 14.0 Å². The molecule has 1 heterocycles. The van der Waals surface area contributed by atoms with Crippen LogP contribution in [0.3, 0.4) is 0 Å². The molecule has 1 fully saturated rings. The molecule has 0 aliphatic carbocycles. The lowest BCUT2D eigenvalue weighted by Gasteiger charge is -2.47. The van der Waals surface area contributed by atoms with E-state index >= 15 is 0 Å². The van der Waals surface area contributed by atoms with Gasteiger partial charge in [-0.15, -0.1) is 0 Å². The summed E-state index contributed by atoms with van der Waals surface area (Å²) in [7, 11) is 1.51. The van der Waals surface area contributed by atoms with Crippen molar-refractivity contribution in [3.63, 3.8) is 0 Å². The maximum absolute atomic E-state index is 12.5.